The summed E-state index contributed by atoms with van der Waals surface area (Å²) in [6.07, 6.45) is 1.34. The first kappa shape index (κ1) is 10.5. The van der Waals surface area contributed by atoms with E-state index >= 15 is 0 Å². The summed E-state index contributed by atoms with van der Waals surface area (Å²) in [5.74, 6) is 2.06. The Morgan fingerprint density at radius 2 is 2.12 bits per heavy atom. The van der Waals surface area contributed by atoms with Crippen molar-refractivity contribution in [1.29, 1.82) is 0 Å². The smallest absolute Gasteiger partial charge is 0.181 e. The van der Waals surface area contributed by atoms with E-state index in [2.05, 4.69) is 22.1 Å². The van der Waals surface area contributed by atoms with Crippen LogP contribution in [0.25, 0.3) is 11.4 Å². The summed E-state index contributed by atoms with van der Waals surface area (Å²) in [7, 11) is 0. The molecule has 0 spiro atoms. The number of rotatable bonds is 2. The third-order valence-electron chi connectivity index (χ3n) is 3.12. The molecule has 2 atom stereocenters. The van der Waals surface area contributed by atoms with E-state index < -0.39 is 0 Å². The van der Waals surface area contributed by atoms with Crippen molar-refractivity contribution in [2.45, 2.75) is 25.4 Å². The quantitative estimate of drug-likeness (QED) is 0.860. The lowest BCUT2D eigenvalue weighted by molar-refractivity contribution is 0.123. The second-order valence-electron chi connectivity index (χ2n) is 4.49. The van der Waals surface area contributed by atoms with Crippen LogP contribution >= 0.6 is 0 Å². The van der Waals surface area contributed by atoms with Crippen molar-refractivity contribution in [2.24, 2.45) is 0 Å². The lowest BCUT2D eigenvalue weighted by atomic mass is 10.1. The number of hydrogen-bond donors (Lipinski definition) is 1. The van der Waals surface area contributed by atoms with Gasteiger partial charge in [0.15, 0.2) is 5.82 Å². The summed E-state index contributed by atoms with van der Waals surface area (Å²) in [6.45, 7) is 2.83. The Labute approximate surface area is 100 Å². The molecule has 3 rings (SSSR count). The van der Waals surface area contributed by atoms with Gasteiger partial charge in [0.1, 0.15) is 5.82 Å². The summed E-state index contributed by atoms with van der Waals surface area (Å²) < 4.78 is 5.55. The van der Waals surface area contributed by atoms with E-state index in [9.17, 15) is 0 Å². The number of benzene rings is 1. The number of aromatic amines is 1. The summed E-state index contributed by atoms with van der Waals surface area (Å²) in [4.78, 5) is 4.55. The lowest BCUT2D eigenvalue weighted by Crippen LogP contribution is -2.00. The molecule has 0 amide bonds. The fourth-order valence-electron chi connectivity index (χ4n) is 2.18. The van der Waals surface area contributed by atoms with Crippen molar-refractivity contribution in [2.75, 3.05) is 6.61 Å². The van der Waals surface area contributed by atoms with Crippen LogP contribution in [0.4, 0.5) is 0 Å². The number of aromatic nitrogens is 3. The zero-order chi connectivity index (χ0) is 11.7. The standard InChI is InChI=1S/C13H15N3O/c1-9-7-11(8-17-9)13-14-12(15-16-13)10-5-3-2-4-6-10/h2-6,9,11H,7-8H2,1H3,(H,14,15,16). The zero-order valence-corrected chi connectivity index (χ0v) is 9.76. The molecule has 0 bridgehead atoms. The van der Waals surface area contributed by atoms with Crippen molar-refractivity contribution in [3.8, 4) is 11.4 Å². The van der Waals surface area contributed by atoms with Gasteiger partial charge in [-0.2, -0.15) is 5.10 Å². The number of H-pyrrole nitrogens is 1. The van der Waals surface area contributed by atoms with Crippen LogP contribution in [0.1, 0.15) is 25.1 Å². The van der Waals surface area contributed by atoms with Gasteiger partial charge in [-0.1, -0.05) is 30.3 Å². The molecule has 1 aromatic heterocycles. The molecule has 0 radical (unpaired) electrons. The maximum atomic E-state index is 5.55. The van der Waals surface area contributed by atoms with E-state index in [0.717, 1.165) is 30.2 Å². The van der Waals surface area contributed by atoms with E-state index in [1.165, 1.54) is 0 Å². The van der Waals surface area contributed by atoms with E-state index in [-0.39, 0.29) is 0 Å². The largest absolute Gasteiger partial charge is 0.378 e. The maximum Gasteiger partial charge on any atom is 0.181 e. The molecule has 88 valence electrons. The molecule has 17 heavy (non-hydrogen) atoms. The van der Waals surface area contributed by atoms with Crippen LogP contribution in [0.3, 0.4) is 0 Å². The average molecular weight is 229 g/mol. The van der Waals surface area contributed by atoms with Gasteiger partial charge in [-0.05, 0) is 13.3 Å². The van der Waals surface area contributed by atoms with Crippen molar-refractivity contribution in [1.82, 2.24) is 15.2 Å². The summed E-state index contributed by atoms with van der Waals surface area (Å²) in [5, 5.41) is 7.29. The van der Waals surface area contributed by atoms with Crippen LogP contribution in [-0.4, -0.2) is 27.9 Å². The molecule has 1 fully saturated rings. The van der Waals surface area contributed by atoms with Crippen LogP contribution < -0.4 is 0 Å². The minimum absolute atomic E-state index is 0.324. The highest BCUT2D eigenvalue weighted by atomic mass is 16.5. The molecule has 2 unspecified atom stereocenters. The minimum atomic E-state index is 0.324. The van der Waals surface area contributed by atoms with E-state index in [0.29, 0.717) is 12.0 Å². The molecule has 1 aliphatic rings. The Balaban J connectivity index is 1.84. The second-order valence-corrected chi connectivity index (χ2v) is 4.49. The van der Waals surface area contributed by atoms with Crippen molar-refractivity contribution >= 4 is 0 Å². The Kier molecular flexibility index (Phi) is 2.65. The van der Waals surface area contributed by atoms with Crippen molar-refractivity contribution in [3.05, 3.63) is 36.2 Å². The zero-order valence-electron chi connectivity index (χ0n) is 9.76. The monoisotopic (exact) mass is 229 g/mol. The van der Waals surface area contributed by atoms with Gasteiger partial charge in [-0.15, -0.1) is 0 Å². The van der Waals surface area contributed by atoms with Gasteiger partial charge in [0.05, 0.1) is 12.7 Å². The molecule has 4 nitrogen and oxygen atoms in total. The predicted octanol–water partition coefficient (Wildman–Crippen LogP) is 2.36. The first-order chi connectivity index (χ1) is 8.33. The maximum absolute atomic E-state index is 5.55. The SMILES string of the molecule is CC1CC(c2nc(-c3ccccc3)n[nH]2)CO1. The molecule has 0 aliphatic carbocycles. The third-order valence-corrected chi connectivity index (χ3v) is 3.12. The van der Waals surface area contributed by atoms with Crippen LogP contribution in [0, 0.1) is 0 Å². The number of nitrogens with one attached hydrogen (secondary N) is 1. The van der Waals surface area contributed by atoms with Crippen LogP contribution in [0.5, 0.6) is 0 Å². The molecule has 1 aromatic carbocycles. The van der Waals surface area contributed by atoms with Crippen molar-refractivity contribution in [3.63, 3.8) is 0 Å². The molecular formula is C13H15N3O. The molecule has 0 saturated carbocycles. The van der Waals surface area contributed by atoms with Crippen LogP contribution in [0.2, 0.25) is 0 Å². The van der Waals surface area contributed by atoms with Gasteiger partial charge in [0.2, 0.25) is 0 Å². The fraction of sp³-hybridized carbons (Fsp3) is 0.385. The highest BCUT2D eigenvalue weighted by Gasteiger charge is 2.26. The average Bonchev–Trinajstić information content (AvgIpc) is 2.98. The first-order valence-electron chi connectivity index (χ1n) is 5.92. The Morgan fingerprint density at radius 1 is 1.29 bits per heavy atom. The summed E-state index contributed by atoms with van der Waals surface area (Å²) in [5.41, 5.74) is 1.04. The molecule has 1 N–H and O–H groups in total. The topological polar surface area (TPSA) is 50.8 Å². The van der Waals surface area contributed by atoms with Crippen LogP contribution in [-0.2, 0) is 4.74 Å². The van der Waals surface area contributed by atoms with Crippen LogP contribution in [0.15, 0.2) is 30.3 Å². The fourth-order valence-corrected chi connectivity index (χ4v) is 2.18. The van der Waals surface area contributed by atoms with Gasteiger partial charge < -0.3 is 4.74 Å². The minimum Gasteiger partial charge on any atom is -0.378 e. The molecular weight excluding hydrogens is 214 g/mol. The van der Waals surface area contributed by atoms with E-state index in [1.54, 1.807) is 0 Å². The predicted molar refractivity (Wildman–Crippen MR) is 64.6 cm³/mol. The first-order valence-corrected chi connectivity index (χ1v) is 5.92. The Morgan fingerprint density at radius 3 is 2.82 bits per heavy atom. The van der Waals surface area contributed by atoms with E-state index in [4.69, 9.17) is 4.74 Å². The summed E-state index contributed by atoms with van der Waals surface area (Å²) >= 11 is 0. The second kappa shape index (κ2) is 4.30. The molecule has 1 saturated heterocycles. The summed E-state index contributed by atoms with van der Waals surface area (Å²) in [6, 6.07) is 10.0. The van der Waals surface area contributed by atoms with Gasteiger partial charge in [0.25, 0.3) is 0 Å². The highest BCUT2D eigenvalue weighted by molar-refractivity contribution is 5.53. The highest BCUT2D eigenvalue weighted by Crippen LogP contribution is 2.27. The van der Waals surface area contributed by atoms with Crippen molar-refractivity contribution < 1.29 is 4.74 Å². The Bertz CT molecular complexity index is 494. The Hall–Kier alpha value is -1.68. The lowest BCUT2D eigenvalue weighted by Gasteiger charge is -2.00. The van der Waals surface area contributed by atoms with Gasteiger partial charge in [-0.3, -0.25) is 5.10 Å². The normalized spacial score (nSPS) is 24.1. The van der Waals surface area contributed by atoms with Gasteiger partial charge >= 0.3 is 0 Å². The molecule has 4 heteroatoms. The number of ether oxygens (including phenoxy) is 1. The van der Waals surface area contributed by atoms with E-state index in [1.807, 2.05) is 30.3 Å². The third kappa shape index (κ3) is 2.08. The number of hydrogen-bond acceptors (Lipinski definition) is 3. The molecule has 2 aromatic rings. The van der Waals surface area contributed by atoms with Gasteiger partial charge in [0, 0.05) is 11.5 Å². The molecule has 1 aliphatic heterocycles. The number of nitrogens with zero attached hydrogens (tertiary/aromatic N) is 2. The molecule has 2 heterocycles. The van der Waals surface area contributed by atoms with Gasteiger partial charge in [-0.25, -0.2) is 4.98 Å².